The minimum absolute atomic E-state index is 0.102. The van der Waals surface area contributed by atoms with Crippen molar-refractivity contribution in [3.05, 3.63) is 63.8 Å². The third-order valence-corrected chi connectivity index (χ3v) is 2.74. The number of hydrogen-bond donors (Lipinski definition) is 0. The van der Waals surface area contributed by atoms with E-state index in [1.807, 2.05) is 0 Å². The van der Waals surface area contributed by atoms with E-state index in [2.05, 4.69) is 4.98 Å². The van der Waals surface area contributed by atoms with Gasteiger partial charge in [-0.2, -0.15) is 0 Å². The molecule has 1 aromatic heterocycles. The standard InChI is InChI=1S/C13H11F2N3O2/c1-17(8-9-2-4-11(14)12(15)6-9)13-5-3-10(7-16-13)18(19)20/h2-7H,8H2,1H3. The highest BCUT2D eigenvalue weighted by molar-refractivity contribution is 5.42. The molecule has 0 amide bonds. The van der Waals surface area contributed by atoms with Crippen molar-refractivity contribution in [1.82, 2.24) is 4.98 Å². The Morgan fingerprint density at radius 3 is 2.55 bits per heavy atom. The molecule has 0 unspecified atom stereocenters. The Morgan fingerprint density at radius 1 is 1.25 bits per heavy atom. The van der Waals surface area contributed by atoms with Crippen molar-refractivity contribution in [2.24, 2.45) is 0 Å². The van der Waals surface area contributed by atoms with Gasteiger partial charge < -0.3 is 4.90 Å². The second kappa shape index (κ2) is 5.60. The van der Waals surface area contributed by atoms with Crippen LogP contribution in [0.25, 0.3) is 0 Å². The highest BCUT2D eigenvalue weighted by Gasteiger charge is 2.09. The van der Waals surface area contributed by atoms with E-state index >= 15 is 0 Å². The van der Waals surface area contributed by atoms with Gasteiger partial charge in [-0.25, -0.2) is 13.8 Å². The summed E-state index contributed by atoms with van der Waals surface area (Å²) in [6.07, 6.45) is 1.15. The summed E-state index contributed by atoms with van der Waals surface area (Å²) in [5.74, 6) is -1.31. The molecule has 0 saturated heterocycles. The van der Waals surface area contributed by atoms with Crippen LogP contribution in [-0.4, -0.2) is 17.0 Å². The van der Waals surface area contributed by atoms with Crippen LogP contribution in [0.1, 0.15) is 5.56 Å². The monoisotopic (exact) mass is 279 g/mol. The lowest BCUT2D eigenvalue weighted by atomic mass is 10.2. The van der Waals surface area contributed by atoms with E-state index in [0.29, 0.717) is 17.9 Å². The van der Waals surface area contributed by atoms with Gasteiger partial charge in [-0.15, -0.1) is 0 Å². The Labute approximate surface area is 113 Å². The van der Waals surface area contributed by atoms with Gasteiger partial charge in [-0.05, 0) is 23.8 Å². The minimum atomic E-state index is -0.910. The van der Waals surface area contributed by atoms with E-state index in [1.165, 1.54) is 18.2 Å². The number of benzene rings is 1. The molecule has 7 heteroatoms. The van der Waals surface area contributed by atoms with E-state index in [4.69, 9.17) is 0 Å². The molecule has 0 saturated carbocycles. The first-order chi connectivity index (χ1) is 9.47. The first-order valence-electron chi connectivity index (χ1n) is 5.73. The molecule has 2 rings (SSSR count). The van der Waals surface area contributed by atoms with E-state index in [1.54, 1.807) is 11.9 Å². The second-order valence-electron chi connectivity index (χ2n) is 4.24. The fraction of sp³-hybridized carbons (Fsp3) is 0.154. The minimum Gasteiger partial charge on any atom is -0.355 e. The van der Waals surface area contributed by atoms with Gasteiger partial charge in [-0.1, -0.05) is 6.07 Å². The number of rotatable bonds is 4. The van der Waals surface area contributed by atoms with E-state index < -0.39 is 16.6 Å². The van der Waals surface area contributed by atoms with E-state index in [0.717, 1.165) is 18.3 Å². The summed E-state index contributed by atoms with van der Waals surface area (Å²) < 4.78 is 25.9. The van der Waals surface area contributed by atoms with Crippen LogP contribution in [0.4, 0.5) is 20.3 Å². The molecule has 0 aliphatic rings. The summed E-state index contributed by atoms with van der Waals surface area (Å²) in [7, 11) is 1.70. The summed E-state index contributed by atoms with van der Waals surface area (Å²) in [6, 6.07) is 6.47. The Balaban J connectivity index is 2.12. The third kappa shape index (κ3) is 3.05. The van der Waals surface area contributed by atoms with Crippen molar-refractivity contribution in [2.75, 3.05) is 11.9 Å². The van der Waals surface area contributed by atoms with E-state index in [9.17, 15) is 18.9 Å². The maximum atomic E-state index is 13.1. The normalized spacial score (nSPS) is 10.3. The SMILES string of the molecule is CN(Cc1ccc(F)c(F)c1)c1ccc([N+](=O)[O-])cn1. The molecule has 0 radical (unpaired) electrons. The van der Waals surface area contributed by atoms with Gasteiger partial charge in [0.15, 0.2) is 11.6 Å². The van der Waals surface area contributed by atoms with Crippen LogP contribution < -0.4 is 4.90 Å². The van der Waals surface area contributed by atoms with Crippen molar-refractivity contribution in [3.63, 3.8) is 0 Å². The molecule has 0 aliphatic heterocycles. The van der Waals surface area contributed by atoms with Crippen LogP contribution in [0, 0.1) is 21.7 Å². The van der Waals surface area contributed by atoms with Crippen molar-refractivity contribution in [3.8, 4) is 0 Å². The molecule has 20 heavy (non-hydrogen) atoms. The average molecular weight is 279 g/mol. The lowest BCUT2D eigenvalue weighted by Crippen LogP contribution is -2.17. The number of nitro groups is 1. The van der Waals surface area contributed by atoms with Crippen LogP contribution in [0.2, 0.25) is 0 Å². The van der Waals surface area contributed by atoms with Gasteiger partial charge in [-0.3, -0.25) is 10.1 Å². The number of hydrogen-bond acceptors (Lipinski definition) is 4. The largest absolute Gasteiger partial charge is 0.355 e. The average Bonchev–Trinajstić information content (AvgIpc) is 2.43. The predicted molar refractivity (Wildman–Crippen MR) is 69.4 cm³/mol. The quantitative estimate of drug-likeness (QED) is 0.637. The van der Waals surface area contributed by atoms with Crippen molar-refractivity contribution >= 4 is 11.5 Å². The Kier molecular flexibility index (Phi) is 3.88. The third-order valence-electron chi connectivity index (χ3n) is 2.74. The molecule has 0 bridgehead atoms. The van der Waals surface area contributed by atoms with Crippen LogP contribution in [0.5, 0.6) is 0 Å². The summed E-state index contributed by atoms with van der Waals surface area (Å²) in [5.41, 5.74) is 0.474. The maximum absolute atomic E-state index is 13.1. The molecule has 1 heterocycles. The lowest BCUT2D eigenvalue weighted by Gasteiger charge is -2.18. The molecule has 5 nitrogen and oxygen atoms in total. The molecular weight excluding hydrogens is 268 g/mol. The molecule has 0 aliphatic carbocycles. The maximum Gasteiger partial charge on any atom is 0.287 e. The molecule has 0 fully saturated rings. The van der Waals surface area contributed by atoms with Crippen LogP contribution in [0.3, 0.4) is 0 Å². The molecule has 0 N–H and O–H groups in total. The zero-order valence-corrected chi connectivity index (χ0v) is 10.6. The number of anilines is 1. The zero-order valence-electron chi connectivity index (χ0n) is 10.6. The predicted octanol–water partition coefficient (Wildman–Crippen LogP) is 2.90. The number of pyridine rings is 1. The van der Waals surface area contributed by atoms with Crippen LogP contribution in [-0.2, 0) is 6.54 Å². The highest BCUT2D eigenvalue weighted by Crippen LogP contribution is 2.17. The van der Waals surface area contributed by atoms with Gasteiger partial charge in [0.1, 0.15) is 12.0 Å². The van der Waals surface area contributed by atoms with Crippen LogP contribution >= 0.6 is 0 Å². The second-order valence-corrected chi connectivity index (χ2v) is 4.24. The van der Waals surface area contributed by atoms with Gasteiger partial charge in [0.05, 0.1) is 4.92 Å². The first-order valence-corrected chi connectivity index (χ1v) is 5.73. The van der Waals surface area contributed by atoms with Gasteiger partial charge in [0.25, 0.3) is 5.69 Å². The zero-order chi connectivity index (χ0) is 14.7. The molecule has 0 atom stereocenters. The fourth-order valence-electron chi connectivity index (χ4n) is 1.70. The fourth-order valence-corrected chi connectivity index (χ4v) is 1.70. The lowest BCUT2D eigenvalue weighted by molar-refractivity contribution is -0.385. The molecule has 104 valence electrons. The Hall–Kier alpha value is -2.57. The summed E-state index contributed by atoms with van der Waals surface area (Å²) in [4.78, 5) is 15.6. The number of halogens is 2. The Bertz CT molecular complexity index is 632. The van der Waals surface area contributed by atoms with Crippen molar-refractivity contribution in [1.29, 1.82) is 0 Å². The Morgan fingerprint density at radius 2 is 2.00 bits per heavy atom. The van der Waals surface area contributed by atoms with Gasteiger partial charge in [0, 0.05) is 19.7 Å². The number of nitrogens with zero attached hydrogens (tertiary/aromatic N) is 3. The number of aromatic nitrogens is 1. The summed E-state index contributed by atoms with van der Waals surface area (Å²) in [6.45, 7) is 0.308. The van der Waals surface area contributed by atoms with Crippen LogP contribution in [0.15, 0.2) is 36.5 Å². The molecule has 1 aromatic carbocycles. The molecular formula is C13H11F2N3O2. The van der Waals surface area contributed by atoms with Crippen molar-refractivity contribution in [2.45, 2.75) is 6.54 Å². The summed E-state index contributed by atoms with van der Waals surface area (Å²) in [5, 5.41) is 10.5. The topological polar surface area (TPSA) is 59.3 Å². The highest BCUT2D eigenvalue weighted by atomic mass is 19.2. The molecule has 2 aromatic rings. The van der Waals surface area contributed by atoms with E-state index in [-0.39, 0.29) is 5.69 Å². The van der Waals surface area contributed by atoms with Gasteiger partial charge in [0.2, 0.25) is 0 Å². The first kappa shape index (κ1) is 13.9. The van der Waals surface area contributed by atoms with Crippen molar-refractivity contribution < 1.29 is 13.7 Å². The van der Waals surface area contributed by atoms with Gasteiger partial charge >= 0.3 is 0 Å². The molecule has 0 spiro atoms. The summed E-state index contributed by atoms with van der Waals surface area (Å²) >= 11 is 0. The smallest absolute Gasteiger partial charge is 0.287 e.